The Bertz CT molecular complexity index is 192. The van der Waals surface area contributed by atoms with Crippen LogP contribution in [-0.4, -0.2) is 36.2 Å². The molecular weight excluding hydrogens is 217 g/mol. The molecule has 0 spiro atoms. The van der Waals surface area contributed by atoms with Gasteiger partial charge in [0, 0.05) is 18.6 Å². The van der Waals surface area contributed by atoms with Gasteiger partial charge in [-0.1, -0.05) is 20.3 Å². The van der Waals surface area contributed by atoms with Gasteiger partial charge < -0.3 is 5.73 Å². The van der Waals surface area contributed by atoms with Gasteiger partial charge in [0.15, 0.2) is 0 Å². The summed E-state index contributed by atoms with van der Waals surface area (Å²) in [6.45, 7) is 6.86. The maximum atomic E-state index is 12.4. The summed E-state index contributed by atoms with van der Waals surface area (Å²) in [6.07, 6.45) is -3.33. The molecule has 0 aliphatic heterocycles. The lowest BCUT2D eigenvalue weighted by Crippen LogP contribution is -2.51. The van der Waals surface area contributed by atoms with Crippen LogP contribution in [0.4, 0.5) is 13.2 Å². The molecule has 0 saturated carbocycles. The third-order valence-electron chi connectivity index (χ3n) is 2.99. The molecule has 2 atom stereocenters. The Morgan fingerprint density at radius 2 is 1.69 bits per heavy atom. The molecule has 2 N–H and O–H groups in total. The normalized spacial score (nSPS) is 16.9. The van der Waals surface area contributed by atoms with Crippen LogP contribution >= 0.6 is 0 Å². The zero-order chi connectivity index (χ0) is 12.9. The van der Waals surface area contributed by atoms with E-state index in [0.717, 1.165) is 6.42 Å². The minimum atomic E-state index is -4.16. The molecule has 0 aromatic heterocycles. The molecule has 0 bridgehead atoms. The molecule has 2 nitrogen and oxygen atoms in total. The van der Waals surface area contributed by atoms with Crippen molar-refractivity contribution in [3.05, 3.63) is 0 Å². The lowest BCUT2D eigenvalue weighted by Gasteiger charge is -2.38. The summed E-state index contributed by atoms with van der Waals surface area (Å²) < 4.78 is 37.3. The number of halogens is 3. The van der Waals surface area contributed by atoms with Crippen LogP contribution in [0.15, 0.2) is 0 Å². The monoisotopic (exact) mass is 240 g/mol. The van der Waals surface area contributed by atoms with Gasteiger partial charge in [0.25, 0.3) is 0 Å². The second kappa shape index (κ2) is 6.45. The Labute approximate surface area is 96.0 Å². The Hall–Kier alpha value is -0.290. The van der Waals surface area contributed by atoms with E-state index in [-0.39, 0.29) is 24.5 Å². The molecule has 0 fully saturated rings. The average molecular weight is 240 g/mol. The second-order valence-electron chi connectivity index (χ2n) is 4.57. The molecule has 0 aliphatic carbocycles. The predicted molar refractivity (Wildman–Crippen MR) is 60.2 cm³/mol. The second-order valence-corrected chi connectivity index (χ2v) is 4.57. The Balaban J connectivity index is 4.73. The van der Waals surface area contributed by atoms with Crippen molar-refractivity contribution >= 4 is 0 Å². The number of hydrogen-bond donors (Lipinski definition) is 1. The minimum absolute atomic E-state index is 0.149. The summed E-state index contributed by atoms with van der Waals surface area (Å²) in [6, 6.07) is -0.351. The number of hydrogen-bond acceptors (Lipinski definition) is 2. The SMILES string of the molecule is CCC(C)C(CN)N(CC(F)(F)F)C(C)C. The van der Waals surface area contributed by atoms with Crippen LogP contribution in [0.1, 0.15) is 34.1 Å². The van der Waals surface area contributed by atoms with Gasteiger partial charge in [-0.05, 0) is 19.8 Å². The molecule has 16 heavy (non-hydrogen) atoms. The zero-order valence-electron chi connectivity index (χ0n) is 10.5. The summed E-state index contributed by atoms with van der Waals surface area (Å²) in [4.78, 5) is 1.45. The molecule has 0 aromatic rings. The number of nitrogens with zero attached hydrogens (tertiary/aromatic N) is 1. The fourth-order valence-electron chi connectivity index (χ4n) is 1.86. The van der Waals surface area contributed by atoms with E-state index in [4.69, 9.17) is 5.73 Å². The first kappa shape index (κ1) is 15.7. The summed E-state index contributed by atoms with van der Waals surface area (Å²) in [5.41, 5.74) is 5.60. The van der Waals surface area contributed by atoms with Crippen LogP contribution in [0, 0.1) is 5.92 Å². The van der Waals surface area contributed by atoms with Crippen molar-refractivity contribution in [2.24, 2.45) is 11.7 Å². The topological polar surface area (TPSA) is 29.3 Å². The smallest absolute Gasteiger partial charge is 0.329 e. The summed E-state index contributed by atoms with van der Waals surface area (Å²) in [7, 11) is 0. The van der Waals surface area contributed by atoms with Crippen molar-refractivity contribution in [3.63, 3.8) is 0 Å². The van der Waals surface area contributed by atoms with Gasteiger partial charge >= 0.3 is 6.18 Å². The van der Waals surface area contributed by atoms with Gasteiger partial charge in [-0.15, -0.1) is 0 Å². The van der Waals surface area contributed by atoms with Gasteiger partial charge in [-0.25, -0.2) is 0 Å². The van der Waals surface area contributed by atoms with E-state index < -0.39 is 12.7 Å². The average Bonchev–Trinajstić information content (AvgIpc) is 2.15. The highest BCUT2D eigenvalue weighted by Gasteiger charge is 2.35. The highest BCUT2D eigenvalue weighted by atomic mass is 19.4. The van der Waals surface area contributed by atoms with Crippen molar-refractivity contribution in [1.29, 1.82) is 0 Å². The quantitative estimate of drug-likeness (QED) is 0.773. The molecule has 0 saturated heterocycles. The van der Waals surface area contributed by atoms with Gasteiger partial charge in [-0.3, -0.25) is 4.90 Å². The molecule has 0 radical (unpaired) electrons. The summed E-state index contributed by atoms with van der Waals surface area (Å²) in [5.74, 6) is 0.176. The van der Waals surface area contributed by atoms with Crippen molar-refractivity contribution in [3.8, 4) is 0 Å². The Morgan fingerprint density at radius 1 is 1.19 bits per heavy atom. The molecular formula is C11H23F3N2. The highest BCUT2D eigenvalue weighted by Crippen LogP contribution is 2.23. The molecule has 98 valence electrons. The molecule has 0 amide bonds. The van der Waals surface area contributed by atoms with Crippen LogP contribution < -0.4 is 5.73 Å². The first-order valence-corrected chi connectivity index (χ1v) is 5.75. The van der Waals surface area contributed by atoms with E-state index in [9.17, 15) is 13.2 Å². The highest BCUT2D eigenvalue weighted by molar-refractivity contribution is 4.81. The Kier molecular flexibility index (Phi) is 6.33. The van der Waals surface area contributed by atoms with E-state index in [2.05, 4.69) is 0 Å². The largest absolute Gasteiger partial charge is 0.401 e. The molecule has 0 rings (SSSR count). The van der Waals surface area contributed by atoms with Crippen LogP contribution in [0.2, 0.25) is 0 Å². The predicted octanol–water partition coefficient (Wildman–Crippen LogP) is 2.63. The lowest BCUT2D eigenvalue weighted by atomic mass is 9.96. The van der Waals surface area contributed by atoms with E-state index >= 15 is 0 Å². The van der Waals surface area contributed by atoms with E-state index in [0.29, 0.717) is 0 Å². The van der Waals surface area contributed by atoms with E-state index in [1.165, 1.54) is 4.90 Å². The lowest BCUT2D eigenvalue weighted by molar-refractivity contribution is -0.157. The fourth-order valence-corrected chi connectivity index (χ4v) is 1.86. The van der Waals surface area contributed by atoms with E-state index in [1.807, 2.05) is 13.8 Å². The Morgan fingerprint density at radius 3 is 1.94 bits per heavy atom. The molecule has 0 aliphatic rings. The molecule has 5 heteroatoms. The van der Waals surface area contributed by atoms with Crippen LogP contribution in [0.3, 0.4) is 0 Å². The summed E-state index contributed by atoms with van der Waals surface area (Å²) in [5, 5.41) is 0. The van der Waals surface area contributed by atoms with Gasteiger partial charge in [0.2, 0.25) is 0 Å². The minimum Gasteiger partial charge on any atom is -0.329 e. The number of alkyl halides is 3. The fraction of sp³-hybridized carbons (Fsp3) is 1.00. The van der Waals surface area contributed by atoms with Gasteiger partial charge in [0.05, 0.1) is 6.54 Å². The van der Waals surface area contributed by atoms with Gasteiger partial charge in [0.1, 0.15) is 0 Å². The third kappa shape index (κ3) is 5.16. The van der Waals surface area contributed by atoms with Crippen molar-refractivity contribution in [1.82, 2.24) is 4.90 Å². The molecule has 0 aromatic carbocycles. The van der Waals surface area contributed by atoms with Crippen molar-refractivity contribution < 1.29 is 13.2 Å². The third-order valence-corrected chi connectivity index (χ3v) is 2.99. The van der Waals surface area contributed by atoms with Crippen LogP contribution in [0.25, 0.3) is 0 Å². The van der Waals surface area contributed by atoms with Crippen molar-refractivity contribution in [2.45, 2.75) is 52.4 Å². The summed E-state index contributed by atoms with van der Waals surface area (Å²) >= 11 is 0. The first-order chi connectivity index (χ1) is 7.22. The van der Waals surface area contributed by atoms with Crippen LogP contribution in [-0.2, 0) is 0 Å². The standard InChI is InChI=1S/C11H23F3N2/c1-5-9(4)10(6-15)16(8(2)3)7-11(12,13)14/h8-10H,5-7,15H2,1-4H3. The van der Waals surface area contributed by atoms with E-state index in [1.54, 1.807) is 13.8 Å². The van der Waals surface area contributed by atoms with Crippen molar-refractivity contribution in [2.75, 3.05) is 13.1 Å². The van der Waals surface area contributed by atoms with Gasteiger partial charge in [-0.2, -0.15) is 13.2 Å². The maximum absolute atomic E-state index is 12.4. The van der Waals surface area contributed by atoms with Crippen LogP contribution in [0.5, 0.6) is 0 Å². The first-order valence-electron chi connectivity index (χ1n) is 5.75. The molecule has 0 heterocycles. The zero-order valence-corrected chi connectivity index (χ0v) is 10.5. The number of nitrogens with two attached hydrogens (primary N) is 1. The molecule has 2 unspecified atom stereocenters. The number of rotatable bonds is 6. The maximum Gasteiger partial charge on any atom is 0.401 e.